The number of carbonyl (C=O) groups excluding carboxylic acids is 1. The summed E-state index contributed by atoms with van der Waals surface area (Å²) in [5, 5.41) is 0. The molecule has 0 N–H and O–H groups in total. The lowest BCUT2D eigenvalue weighted by atomic mass is 9.85. The standard InChI is InChI=1S/C20H26N2O4/c1-25-19(23)17-13-14-7-2-3-8-15(14)21(17)11-6-12-22-16-9-4-5-10-18(16)26-20(22)24/h4-5,9-10,14-15,17H,2-3,6-8,11-13H2,1H3/t14-,15+,17-/m0/s1. The lowest BCUT2D eigenvalue weighted by molar-refractivity contribution is -0.146. The molecule has 2 fully saturated rings. The van der Waals surface area contributed by atoms with Crippen molar-refractivity contribution in [3.05, 3.63) is 34.8 Å². The molecule has 3 atom stereocenters. The monoisotopic (exact) mass is 358 g/mol. The zero-order chi connectivity index (χ0) is 18.1. The van der Waals surface area contributed by atoms with Crippen LogP contribution in [0.15, 0.2) is 33.5 Å². The van der Waals surface area contributed by atoms with E-state index in [1.165, 1.54) is 26.4 Å². The van der Waals surface area contributed by atoms with Crippen molar-refractivity contribution in [2.45, 2.75) is 57.2 Å². The Morgan fingerprint density at radius 1 is 1.23 bits per heavy atom. The molecule has 2 heterocycles. The van der Waals surface area contributed by atoms with Gasteiger partial charge in [0.25, 0.3) is 0 Å². The number of fused-ring (bicyclic) bond motifs is 2. The molecule has 140 valence electrons. The van der Waals surface area contributed by atoms with Crippen LogP contribution >= 0.6 is 0 Å². The molecule has 2 aliphatic rings. The SMILES string of the molecule is COC(=O)[C@@H]1C[C@@H]2CCCC[C@H]2N1CCCn1c(=O)oc2ccccc21. The lowest BCUT2D eigenvalue weighted by Crippen LogP contribution is -2.43. The Hall–Kier alpha value is -2.08. The van der Waals surface area contributed by atoms with Gasteiger partial charge in [-0.15, -0.1) is 0 Å². The van der Waals surface area contributed by atoms with Crippen LogP contribution in [0.1, 0.15) is 38.5 Å². The minimum Gasteiger partial charge on any atom is -0.468 e. The number of oxazole rings is 1. The van der Waals surface area contributed by atoms with Gasteiger partial charge in [0.15, 0.2) is 5.58 Å². The minimum atomic E-state index is -0.312. The van der Waals surface area contributed by atoms with Gasteiger partial charge < -0.3 is 9.15 Å². The van der Waals surface area contributed by atoms with Crippen molar-refractivity contribution in [3.8, 4) is 0 Å². The maximum atomic E-state index is 12.3. The smallest absolute Gasteiger partial charge is 0.419 e. The van der Waals surface area contributed by atoms with E-state index in [2.05, 4.69) is 4.90 Å². The van der Waals surface area contributed by atoms with Crippen LogP contribution in [0.2, 0.25) is 0 Å². The Morgan fingerprint density at radius 2 is 2.04 bits per heavy atom. The van der Waals surface area contributed by atoms with Crippen molar-refractivity contribution >= 4 is 17.1 Å². The van der Waals surface area contributed by atoms with E-state index in [0.717, 1.165) is 31.3 Å². The number of ether oxygens (including phenoxy) is 1. The van der Waals surface area contributed by atoms with Gasteiger partial charge in [0.05, 0.1) is 12.6 Å². The van der Waals surface area contributed by atoms with Crippen LogP contribution in [0.4, 0.5) is 0 Å². The maximum absolute atomic E-state index is 12.3. The number of methoxy groups -OCH3 is 1. The summed E-state index contributed by atoms with van der Waals surface area (Å²) < 4.78 is 12.0. The third-order valence-electron chi connectivity index (χ3n) is 6.07. The molecule has 0 radical (unpaired) electrons. The van der Waals surface area contributed by atoms with E-state index in [1.807, 2.05) is 24.3 Å². The average Bonchev–Trinajstić information content (AvgIpc) is 3.19. The Labute approximate surface area is 152 Å². The summed E-state index contributed by atoms with van der Waals surface area (Å²) in [4.78, 5) is 26.7. The summed E-state index contributed by atoms with van der Waals surface area (Å²) >= 11 is 0. The van der Waals surface area contributed by atoms with Crippen molar-refractivity contribution < 1.29 is 13.9 Å². The molecule has 1 saturated carbocycles. The van der Waals surface area contributed by atoms with Gasteiger partial charge in [-0.1, -0.05) is 25.0 Å². The largest absolute Gasteiger partial charge is 0.468 e. The van der Waals surface area contributed by atoms with Gasteiger partial charge in [-0.05, 0) is 43.7 Å². The molecule has 1 aromatic heterocycles. The Kier molecular flexibility index (Phi) is 4.85. The van der Waals surface area contributed by atoms with Gasteiger partial charge in [-0.3, -0.25) is 14.3 Å². The summed E-state index contributed by atoms with van der Waals surface area (Å²) in [5.74, 6) is 0.170. The van der Waals surface area contributed by atoms with Crippen LogP contribution in [0.5, 0.6) is 0 Å². The topological polar surface area (TPSA) is 64.7 Å². The second-order valence-corrected chi connectivity index (χ2v) is 7.47. The molecular formula is C20H26N2O4. The van der Waals surface area contributed by atoms with E-state index < -0.39 is 0 Å². The maximum Gasteiger partial charge on any atom is 0.419 e. The number of benzene rings is 1. The van der Waals surface area contributed by atoms with Crippen LogP contribution < -0.4 is 5.76 Å². The van der Waals surface area contributed by atoms with Crippen molar-refractivity contribution in [1.82, 2.24) is 9.47 Å². The van der Waals surface area contributed by atoms with Crippen molar-refractivity contribution in [1.29, 1.82) is 0 Å². The second kappa shape index (κ2) is 7.27. The van der Waals surface area contributed by atoms with Gasteiger partial charge in [0, 0.05) is 19.1 Å². The molecule has 26 heavy (non-hydrogen) atoms. The van der Waals surface area contributed by atoms with E-state index in [4.69, 9.17) is 9.15 Å². The first-order chi connectivity index (χ1) is 12.7. The number of nitrogens with zero attached hydrogens (tertiary/aromatic N) is 2. The summed E-state index contributed by atoms with van der Waals surface area (Å²) in [6, 6.07) is 7.84. The van der Waals surface area contributed by atoms with Crippen molar-refractivity contribution in [2.24, 2.45) is 5.92 Å². The molecule has 4 rings (SSSR count). The van der Waals surface area contributed by atoms with Crippen LogP contribution in [-0.4, -0.2) is 41.2 Å². The number of para-hydroxylation sites is 2. The Balaban J connectivity index is 1.47. The predicted molar refractivity (Wildman–Crippen MR) is 98.0 cm³/mol. The quantitative estimate of drug-likeness (QED) is 0.769. The van der Waals surface area contributed by atoms with Crippen LogP contribution in [0.25, 0.3) is 11.1 Å². The number of hydrogen-bond donors (Lipinski definition) is 0. The van der Waals surface area contributed by atoms with E-state index in [0.29, 0.717) is 24.1 Å². The average molecular weight is 358 g/mol. The highest BCUT2D eigenvalue weighted by Gasteiger charge is 2.45. The van der Waals surface area contributed by atoms with E-state index in [9.17, 15) is 9.59 Å². The molecule has 0 bridgehead atoms. The second-order valence-electron chi connectivity index (χ2n) is 7.47. The zero-order valence-corrected chi connectivity index (χ0v) is 15.2. The molecule has 1 saturated heterocycles. The molecule has 2 aromatic rings. The van der Waals surface area contributed by atoms with Gasteiger partial charge in [-0.2, -0.15) is 0 Å². The van der Waals surface area contributed by atoms with Crippen LogP contribution in [-0.2, 0) is 16.1 Å². The number of aryl methyl sites for hydroxylation is 1. The fourth-order valence-corrected chi connectivity index (χ4v) is 4.88. The number of aromatic nitrogens is 1. The van der Waals surface area contributed by atoms with Crippen molar-refractivity contribution in [3.63, 3.8) is 0 Å². The lowest BCUT2D eigenvalue weighted by Gasteiger charge is -2.33. The Bertz CT molecular complexity index is 840. The minimum absolute atomic E-state index is 0.120. The summed E-state index contributed by atoms with van der Waals surface area (Å²) in [6.45, 7) is 1.39. The first kappa shape index (κ1) is 17.3. The summed E-state index contributed by atoms with van der Waals surface area (Å²) in [6.07, 6.45) is 6.58. The highest BCUT2D eigenvalue weighted by atomic mass is 16.5. The molecular weight excluding hydrogens is 332 g/mol. The fraction of sp³-hybridized carbons (Fsp3) is 0.600. The number of esters is 1. The van der Waals surface area contributed by atoms with E-state index >= 15 is 0 Å². The van der Waals surface area contributed by atoms with Gasteiger partial charge >= 0.3 is 11.7 Å². The van der Waals surface area contributed by atoms with Crippen LogP contribution in [0.3, 0.4) is 0 Å². The van der Waals surface area contributed by atoms with Gasteiger partial charge in [0.1, 0.15) is 6.04 Å². The summed E-state index contributed by atoms with van der Waals surface area (Å²) in [7, 11) is 1.47. The number of rotatable bonds is 5. The highest BCUT2D eigenvalue weighted by Crippen LogP contribution is 2.40. The third kappa shape index (κ3) is 3.07. The highest BCUT2D eigenvalue weighted by molar-refractivity contribution is 5.76. The van der Waals surface area contributed by atoms with Gasteiger partial charge in [-0.25, -0.2) is 4.79 Å². The first-order valence-electron chi connectivity index (χ1n) is 9.61. The van der Waals surface area contributed by atoms with Crippen LogP contribution in [0, 0.1) is 5.92 Å². The third-order valence-corrected chi connectivity index (χ3v) is 6.07. The number of hydrogen-bond acceptors (Lipinski definition) is 5. The van der Waals surface area contributed by atoms with E-state index in [1.54, 1.807) is 4.57 Å². The number of carbonyl (C=O) groups is 1. The Morgan fingerprint density at radius 3 is 2.88 bits per heavy atom. The summed E-state index contributed by atoms with van der Waals surface area (Å²) in [5.41, 5.74) is 1.46. The van der Waals surface area contributed by atoms with E-state index in [-0.39, 0.29) is 17.8 Å². The molecule has 1 aliphatic heterocycles. The van der Waals surface area contributed by atoms with Gasteiger partial charge in [0.2, 0.25) is 0 Å². The predicted octanol–water partition coefficient (Wildman–Crippen LogP) is 2.79. The molecule has 1 aliphatic carbocycles. The molecule has 6 heteroatoms. The fourth-order valence-electron chi connectivity index (χ4n) is 4.88. The molecule has 0 unspecified atom stereocenters. The number of likely N-dealkylation sites (tertiary alicyclic amines) is 1. The van der Waals surface area contributed by atoms with Crippen molar-refractivity contribution in [2.75, 3.05) is 13.7 Å². The zero-order valence-electron chi connectivity index (χ0n) is 15.2. The molecule has 0 amide bonds. The normalized spacial score (nSPS) is 26.1. The molecule has 1 aromatic carbocycles. The molecule has 6 nitrogen and oxygen atoms in total. The molecule has 0 spiro atoms. The first-order valence-corrected chi connectivity index (χ1v) is 9.61.